The maximum absolute atomic E-state index is 11.5. The van der Waals surface area contributed by atoms with Crippen molar-refractivity contribution in [3.8, 4) is 5.75 Å². The lowest BCUT2D eigenvalue weighted by atomic mass is 10.2. The van der Waals surface area contributed by atoms with Crippen LogP contribution in [0.5, 0.6) is 5.75 Å². The Morgan fingerprint density at radius 2 is 1.90 bits per heavy atom. The van der Waals surface area contributed by atoms with E-state index in [9.17, 15) is 8.42 Å². The van der Waals surface area contributed by atoms with Crippen LogP contribution in [0.25, 0.3) is 0 Å². The van der Waals surface area contributed by atoms with Crippen molar-refractivity contribution < 1.29 is 13.2 Å². The second-order valence-corrected chi connectivity index (χ2v) is 7.28. The lowest BCUT2D eigenvalue weighted by molar-refractivity contribution is 0.298. The van der Waals surface area contributed by atoms with Gasteiger partial charge in [-0.2, -0.15) is 0 Å². The van der Waals surface area contributed by atoms with E-state index in [1.165, 1.54) is 6.07 Å². The van der Waals surface area contributed by atoms with Crippen LogP contribution in [0.4, 0.5) is 0 Å². The average molecular weight is 331 g/mol. The molecule has 0 bridgehead atoms. The molecule has 106 valence electrons. The van der Waals surface area contributed by atoms with Crippen molar-refractivity contribution in [1.82, 2.24) is 0 Å². The van der Waals surface area contributed by atoms with Gasteiger partial charge in [0.05, 0.1) is 0 Å². The third kappa shape index (κ3) is 3.88. The fraction of sp³-hybridized carbons (Fsp3) is 0.143. The monoisotopic (exact) mass is 330 g/mol. The summed E-state index contributed by atoms with van der Waals surface area (Å²) in [5, 5.41) is 0.597. The van der Waals surface area contributed by atoms with Gasteiger partial charge in [0, 0.05) is 15.7 Å². The van der Waals surface area contributed by atoms with Gasteiger partial charge in [0.2, 0.25) is 0 Å². The van der Waals surface area contributed by atoms with Crippen molar-refractivity contribution in [2.24, 2.45) is 0 Å². The van der Waals surface area contributed by atoms with E-state index in [0.717, 1.165) is 11.1 Å². The van der Waals surface area contributed by atoms with Crippen LogP contribution in [0.1, 0.15) is 11.1 Å². The minimum absolute atomic E-state index is 0.0267. The molecule has 0 amide bonds. The second kappa shape index (κ2) is 6.04. The first-order chi connectivity index (χ1) is 9.36. The molecule has 0 aliphatic rings. The molecule has 0 unspecified atom stereocenters. The number of aryl methyl sites for hydroxylation is 1. The van der Waals surface area contributed by atoms with Crippen molar-refractivity contribution in [3.63, 3.8) is 0 Å². The van der Waals surface area contributed by atoms with Gasteiger partial charge in [-0.3, -0.25) is 0 Å². The molecule has 2 rings (SSSR count). The zero-order valence-corrected chi connectivity index (χ0v) is 13.0. The Hall–Kier alpha value is -1.23. The van der Waals surface area contributed by atoms with Crippen LogP contribution in [-0.2, 0) is 15.7 Å². The Kier molecular flexibility index (Phi) is 4.58. The van der Waals surface area contributed by atoms with Gasteiger partial charge in [-0.05, 0) is 42.3 Å². The number of rotatable bonds is 4. The summed E-state index contributed by atoms with van der Waals surface area (Å²) in [6.07, 6.45) is 0. The van der Waals surface area contributed by atoms with Crippen molar-refractivity contribution in [2.75, 3.05) is 0 Å². The number of halogens is 2. The van der Waals surface area contributed by atoms with E-state index in [2.05, 4.69) is 0 Å². The van der Waals surface area contributed by atoms with E-state index >= 15 is 0 Å². The highest BCUT2D eigenvalue weighted by molar-refractivity contribution is 8.13. The van der Waals surface area contributed by atoms with E-state index in [1.807, 2.05) is 6.07 Å². The highest BCUT2D eigenvalue weighted by Gasteiger charge is 2.17. The van der Waals surface area contributed by atoms with Crippen molar-refractivity contribution in [3.05, 3.63) is 58.6 Å². The summed E-state index contributed by atoms with van der Waals surface area (Å²) < 4.78 is 28.6. The van der Waals surface area contributed by atoms with E-state index in [0.29, 0.717) is 5.02 Å². The summed E-state index contributed by atoms with van der Waals surface area (Å²) in [7, 11) is 1.57. The van der Waals surface area contributed by atoms with E-state index in [1.54, 1.807) is 37.3 Å². The summed E-state index contributed by atoms with van der Waals surface area (Å²) in [6, 6.07) is 12.0. The minimum atomic E-state index is -3.85. The third-order valence-corrected chi connectivity index (χ3v) is 4.22. The number of hydrogen-bond acceptors (Lipinski definition) is 3. The third-order valence-electron chi connectivity index (χ3n) is 2.65. The Morgan fingerprint density at radius 1 is 1.15 bits per heavy atom. The predicted octanol–water partition coefficient (Wildman–Crippen LogP) is 4.15. The maximum atomic E-state index is 11.5. The Labute approximate surface area is 127 Å². The Balaban J connectivity index is 2.26. The summed E-state index contributed by atoms with van der Waals surface area (Å²) in [6.45, 7) is 2.00. The molecule has 0 aromatic heterocycles. The van der Waals surface area contributed by atoms with Crippen LogP contribution in [0, 0.1) is 6.92 Å². The molecule has 0 saturated carbocycles. The molecule has 2 aromatic rings. The fourth-order valence-electron chi connectivity index (χ4n) is 1.71. The first-order valence-electron chi connectivity index (χ1n) is 5.79. The molecule has 0 aliphatic heterocycles. The van der Waals surface area contributed by atoms with Gasteiger partial charge < -0.3 is 4.74 Å². The van der Waals surface area contributed by atoms with Crippen molar-refractivity contribution in [2.45, 2.75) is 18.4 Å². The largest absolute Gasteiger partial charge is 0.487 e. The van der Waals surface area contributed by atoms with Crippen molar-refractivity contribution >= 4 is 31.3 Å². The summed E-state index contributed by atoms with van der Waals surface area (Å²) in [4.78, 5) is -0.0267. The minimum Gasteiger partial charge on any atom is -0.487 e. The summed E-state index contributed by atoms with van der Waals surface area (Å²) in [5.41, 5.74) is 1.63. The van der Waals surface area contributed by atoms with Gasteiger partial charge in [0.25, 0.3) is 9.05 Å². The normalized spacial score (nSPS) is 11.3. The van der Waals surface area contributed by atoms with Gasteiger partial charge in [0.15, 0.2) is 0 Å². The molecular weight excluding hydrogens is 319 g/mol. The smallest absolute Gasteiger partial charge is 0.264 e. The molecule has 6 heteroatoms. The zero-order chi connectivity index (χ0) is 14.8. The van der Waals surface area contributed by atoms with Gasteiger partial charge in [0.1, 0.15) is 17.3 Å². The van der Waals surface area contributed by atoms with Crippen LogP contribution >= 0.6 is 22.3 Å². The Morgan fingerprint density at radius 3 is 2.55 bits per heavy atom. The second-order valence-electron chi connectivity index (χ2n) is 4.31. The topological polar surface area (TPSA) is 43.4 Å². The molecule has 0 saturated heterocycles. The van der Waals surface area contributed by atoms with Gasteiger partial charge in [-0.25, -0.2) is 8.42 Å². The molecule has 0 radical (unpaired) electrons. The zero-order valence-electron chi connectivity index (χ0n) is 10.6. The van der Waals surface area contributed by atoms with Crippen LogP contribution in [0.2, 0.25) is 5.02 Å². The van der Waals surface area contributed by atoms with Gasteiger partial charge >= 0.3 is 0 Å². The van der Waals surface area contributed by atoms with E-state index < -0.39 is 9.05 Å². The lowest BCUT2D eigenvalue weighted by Crippen LogP contribution is -2.01. The molecule has 0 fully saturated rings. The van der Waals surface area contributed by atoms with Crippen LogP contribution in [-0.4, -0.2) is 8.42 Å². The molecular formula is C14H12Cl2O3S. The number of hydrogen-bond donors (Lipinski definition) is 0. The first-order valence-corrected chi connectivity index (χ1v) is 8.47. The Bertz CT molecular complexity index is 727. The molecule has 0 N–H and O–H groups in total. The number of benzene rings is 2. The molecule has 3 nitrogen and oxygen atoms in total. The highest BCUT2D eigenvalue weighted by atomic mass is 35.7. The molecule has 20 heavy (non-hydrogen) atoms. The van der Waals surface area contributed by atoms with Crippen LogP contribution in [0.3, 0.4) is 0 Å². The van der Waals surface area contributed by atoms with Gasteiger partial charge in [-0.15, -0.1) is 0 Å². The van der Waals surface area contributed by atoms with Crippen LogP contribution < -0.4 is 4.74 Å². The standard InChI is InChI=1S/C14H12Cl2O3S/c1-10-5-6-13(14(7-10)20(16,17)18)19-9-11-3-2-4-12(15)8-11/h2-8H,9H2,1H3. The predicted molar refractivity (Wildman–Crippen MR) is 80.0 cm³/mol. The summed E-state index contributed by atoms with van der Waals surface area (Å²) in [5.74, 6) is 0.227. The van der Waals surface area contributed by atoms with Crippen molar-refractivity contribution in [1.29, 1.82) is 0 Å². The molecule has 0 heterocycles. The SMILES string of the molecule is Cc1ccc(OCc2cccc(Cl)c2)c(S(=O)(=O)Cl)c1. The van der Waals surface area contributed by atoms with Gasteiger partial charge in [-0.1, -0.05) is 29.8 Å². The average Bonchev–Trinajstić information content (AvgIpc) is 2.36. The number of ether oxygens (including phenoxy) is 1. The first kappa shape index (κ1) is 15.2. The molecule has 0 spiro atoms. The maximum Gasteiger partial charge on any atom is 0.264 e. The lowest BCUT2D eigenvalue weighted by Gasteiger charge is -2.10. The summed E-state index contributed by atoms with van der Waals surface area (Å²) >= 11 is 5.88. The van der Waals surface area contributed by atoms with Crippen LogP contribution in [0.15, 0.2) is 47.4 Å². The molecule has 0 aliphatic carbocycles. The van der Waals surface area contributed by atoms with E-state index in [-0.39, 0.29) is 17.3 Å². The highest BCUT2D eigenvalue weighted by Crippen LogP contribution is 2.28. The molecule has 0 atom stereocenters. The van der Waals surface area contributed by atoms with E-state index in [4.69, 9.17) is 27.0 Å². The fourth-order valence-corrected chi connectivity index (χ4v) is 2.98. The molecule has 2 aromatic carbocycles. The quantitative estimate of drug-likeness (QED) is 0.790.